The van der Waals surface area contributed by atoms with E-state index in [1.54, 1.807) is 4.90 Å². The highest BCUT2D eigenvalue weighted by Gasteiger charge is 2.48. The smallest absolute Gasteiger partial charge is 0.318 e. The summed E-state index contributed by atoms with van der Waals surface area (Å²) in [5, 5.41) is 16.2. The lowest BCUT2D eigenvalue weighted by molar-refractivity contribution is -0.125. The van der Waals surface area contributed by atoms with E-state index in [1.807, 2.05) is 0 Å². The number of rotatable bonds is 5. The van der Waals surface area contributed by atoms with Gasteiger partial charge in [-0.3, -0.25) is 4.79 Å². The molecule has 0 radical (unpaired) electrons. The van der Waals surface area contributed by atoms with Crippen molar-refractivity contribution in [1.82, 2.24) is 20.4 Å². The van der Waals surface area contributed by atoms with Crippen LogP contribution in [0.15, 0.2) is 0 Å². The number of nitrogens with one attached hydrogen (secondary N) is 2. The minimum atomic E-state index is -0.829. The zero-order valence-electron chi connectivity index (χ0n) is 18.8. The number of morpholine rings is 1. The first-order valence-electron chi connectivity index (χ1n) is 12.1. The lowest BCUT2D eigenvalue weighted by Crippen LogP contribution is -2.62. The predicted octanol–water partition coefficient (Wildman–Crippen LogP) is 2.00. The largest absolute Gasteiger partial charge is 0.378 e. The van der Waals surface area contributed by atoms with Gasteiger partial charge in [-0.1, -0.05) is 32.1 Å². The SMILES string of the molecule is CN1C2CCC1CC(C#N)(NC(=O)C(CC1CCCCC1)NC(=O)N1CCOCC1)C2. The van der Waals surface area contributed by atoms with Crippen LogP contribution in [0.25, 0.3) is 0 Å². The molecule has 3 heterocycles. The topological polar surface area (TPSA) is 97.7 Å². The van der Waals surface area contributed by atoms with E-state index < -0.39 is 11.6 Å². The Hall–Kier alpha value is -1.85. The van der Waals surface area contributed by atoms with Gasteiger partial charge in [0.15, 0.2) is 0 Å². The molecule has 0 spiro atoms. The van der Waals surface area contributed by atoms with Crippen molar-refractivity contribution in [3.05, 3.63) is 0 Å². The van der Waals surface area contributed by atoms with E-state index in [0.717, 1.165) is 25.7 Å². The molecular weight excluding hydrogens is 394 g/mol. The van der Waals surface area contributed by atoms with Gasteiger partial charge in [0.05, 0.1) is 19.3 Å². The van der Waals surface area contributed by atoms with Gasteiger partial charge >= 0.3 is 6.03 Å². The van der Waals surface area contributed by atoms with Crippen molar-refractivity contribution in [3.63, 3.8) is 0 Å². The normalized spacial score (nSPS) is 32.8. The van der Waals surface area contributed by atoms with Gasteiger partial charge in [0, 0.05) is 25.2 Å². The molecule has 0 aromatic heterocycles. The van der Waals surface area contributed by atoms with E-state index in [9.17, 15) is 14.9 Å². The molecule has 4 aliphatic rings. The Bertz CT molecular complexity index is 682. The van der Waals surface area contributed by atoms with E-state index >= 15 is 0 Å². The molecule has 3 aliphatic heterocycles. The molecule has 0 aromatic rings. The van der Waals surface area contributed by atoms with Gasteiger partial charge in [-0.25, -0.2) is 4.79 Å². The third-order valence-corrected chi connectivity index (χ3v) is 7.94. The van der Waals surface area contributed by atoms with Crippen molar-refractivity contribution in [3.8, 4) is 6.07 Å². The molecule has 2 bridgehead atoms. The van der Waals surface area contributed by atoms with E-state index in [1.165, 1.54) is 19.3 Å². The van der Waals surface area contributed by atoms with Crippen molar-refractivity contribution in [1.29, 1.82) is 5.26 Å². The van der Waals surface area contributed by atoms with E-state index in [0.29, 0.717) is 63.6 Å². The average molecular weight is 432 g/mol. The van der Waals surface area contributed by atoms with Crippen LogP contribution in [0, 0.1) is 17.2 Å². The van der Waals surface area contributed by atoms with Crippen molar-refractivity contribution >= 4 is 11.9 Å². The Morgan fingerprint density at radius 3 is 2.35 bits per heavy atom. The maximum absolute atomic E-state index is 13.4. The number of amides is 3. The number of nitriles is 1. The van der Waals surface area contributed by atoms with E-state index in [-0.39, 0.29) is 11.9 Å². The summed E-state index contributed by atoms with van der Waals surface area (Å²) in [6, 6.07) is 2.34. The lowest BCUT2D eigenvalue weighted by Gasteiger charge is -2.42. The van der Waals surface area contributed by atoms with Crippen LogP contribution in [0.5, 0.6) is 0 Å². The quantitative estimate of drug-likeness (QED) is 0.694. The number of nitrogens with zero attached hydrogens (tertiary/aromatic N) is 3. The molecule has 172 valence electrons. The summed E-state index contributed by atoms with van der Waals surface area (Å²) in [6.45, 7) is 2.14. The number of hydrogen-bond donors (Lipinski definition) is 2. The second-order valence-corrected chi connectivity index (χ2v) is 9.98. The minimum absolute atomic E-state index is 0.197. The molecular formula is C23H37N5O3. The number of carbonyl (C=O) groups is 2. The minimum Gasteiger partial charge on any atom is -0.378 e. The van der Waals surface area contributed by atoms with Crippen LogP contribution >= 0.6 is 0 Å². The molecule has 1 saturated carbocycles. The number of piperidine rings is 1. The molecule has 1 aliphatic carbocycles. The van der Waals surface area contributed by atoms with Gasteiger partial charge in [0.2, 0.25) is 5.91 Å². The molecule has 8 nitrogen and oxygen atoms in total. The van der Waals surface area contributed by atoms with Crippen molar-refractivity contribution < 1.29 is 14.3 Å². The Kier molecular flexibility index (Phi) is 7.02. The molecule has 31 heavy (non-hydrogen) atoms. The third-order valence-electron chi connectivity index (χ3n) is 7.94. The Morgan fingerprint density at radius 1 is 1.10 bits per heavy atom. The van der Waals surface area contributed by atoms with Gasteiger partial charge in [-0.2, -0.15) is 5.26 Å². The number of ether oxygens (including phenoxy) is 1. The zero-order valence-corrected chi connectivity index (χ0v) is 18.8. The molecule has 4 rings (SSSR count). The van der Waals surface area contributed by atoms with Crippen molar-refractivity contribution in [2.24, 2.45) is 5.92 Å². The molecule has 2 N–H and O–H groups in total. The first kappa shape index (κ1) is 22.3. The van der Waals surface area contributed by atoms with Crippen LogP contribution < -0.4 is 10.6 Å². The van der Waals surface area contributed by atoms with E-state index in [2.05, 4.69) is 28.7 Å². The molecule has 3 amide bonds. The number of urea groups is 1. The maximum atomic E-state index is 13.4. The molecule has 3 saturated heterocycles. The summed E-state index contributed by atoms with van der Waals surface area (Å²) in [4.78, 5) is 30.4. The number of hydrogen-bond acceptors (Lipinski definition) is 5. The summed E-state index contributed by atoms with van der Waals surface area (Å²) in [5.74, 6) is 0.249. The fourth-order valence-corrected chi connectivity index (χ4v) is 6.01. The maximum Gasteiger partial charge on any atom is 0.318 e. The van der Waals surface area contributed by atoms with Crippen LogP contribution in [-0.4, -0.2) is 78.8 Å². The molecule has 3 atom stereocenters. The van der Waals surface area contributed by atoms with Crippen LogP contribution in [0.2, 0.25) is 0 Å². The summed E-state index contributed by atoms with van der Waals surface area (Å²) in [6.07, 6.45) is 9.98. The van der Waals surface area contributed by atoms with Crippen LogP contribution in [-0.2, 0) is 9.53 Å². The predicted molar refractivity (Wildman–Crippen MR) is 116 cm³/mol. The summed E-state index contributed by atoms with van der Waals surface area (Å²) in [5.41, 5.74) is -0.829. The summed E-state index contributed by atoms with van der Waals surface area (Å²) in [7, 11) is 2.12. The van der Waals surface area contributed by atoms with Crippen LogP contribution in [0.1, 0.15) is 64.2 Å². The number of fused-ring (bicyclic) bond motifs is 2. The summed E-state index contributed by atoms with van der Waals surface area (Å²) < 4.78 is 5.35. The first-order chi connectivity index (χ1) is 15.0. The fourth-order valence-electron chi connectivity index (χ4n) is 6.01. The highest BCUT2D eigenvalue weighted by Crippen LogP contribution is 2.39. The average Bonchev–Trinajstić information content (AvgIpc) is 3.01. The lowest BCUT2D eigenvalue weighted by atomic mass is 9.82. The van der Waals surface area contributed by atoms with Crippen molar-refractivity contribution in [2.75, 3.05) is 33.4 Å². The van der Waals surface area contributed by atoms with Gasteiger partial charge in [-0.15, -0.1) is 0 Å². The number of carbonyl (C=O) groups excluding carboxylic acids is 2. The van der Waals surface area contributed by atoms with Gasteiger partial charge in [0.1, 0.15) is 11.6 Å². The van der Waals surface area contributed by atoms with Gasteiger partial charge in [-0.05, 0) is 45.1 Å². The first-order valence-corrected chi connectivity index (χ1v) is 12.1. The second kappa shape index (κ2) is 9.74. The van der Waals surface area contributed by atoms with Gasteiger partial charge < -0.3 is 25.2 Å². The third kappa shape index (κ3) is 5.15. The molecule has 0 aromatic carbocycles. The Morgan fingerprint density at radius 2 is 1.74 bits per heavy atom. The Labute approximate surface area is 185 Å². The molecule has 3 unspecified atom stereocenters. The van der Waals surface area contributed by atoms with Crippen LogP contribution in [0.4, 0.5) is 4.79 Å². The van der Waals surface area contributed by atoms with Crippen molar-refractivity contribution in [2.45, 2.75) is 87.9 Å². The monoisotopic (exact) mass is 431 g/mol. The second-order valence-electron chi connectivity index (χ2n) is 9.98. The highest BCUT2D eigenvalue weighted by molar-refractivity contribution is 5.88. The van der Waals surface area contributed by atoms with Crippen LogP contribution in [0.3, 0.4) is 0 Å². The van der Waals surface area contributed by atoms with E-state index in [4.69, 9.17) is 4.74 Å². The molecule has 8 heteroatoms. The Balaban J connectivity index is 1.44. The zero-order chi connectivity index (χ0) is 21.8. The van der Waals surface area contributed by atoms with Gasteiger partial charge in [0.25, 0.3) is 0 Å². The highest BCUT2D eigenvalue weighted by atomic mass is 16.5. The molecule has 4 fully saturated rings. The standard InChI is InChI=1S/C23H37N5O3/c1-27-18-7-8-19(27)15-23(14-18,16-24)26-21(29)20(13-17-5-3-2-4-6-17)25-22(30)28-9-11-31-12-10-28/h17-20H,2-15H2,1H3,(H,25,30)(H,26,29). The summed E-state index contributed by atoms with van der Waals surface area (Å²) >= 11 is 0. The fraction of sp³-hybridized carbons (Fsp3) is 0.870.